The molecule has 0 unspecified atom stereocenters. The van der Waals surface area contributed by atoms with Crippen LogP contribution in [-0.2, 0) is 0 Å². The number of rotatable bonds is 62. The van der Waals surface area contributed by atoms with E-state index in [1.165, 1.54) is 77.0 Å². The van der Waals surface area contributed by atoms with Gasteiger partial charge in [0.1, 0.15) is 40.2 Å². The number of unbranched alkanes of at least 4 members (excludes halogenated alkanes) is 30. The summed E-state index contributed by atoms with van der Waals surface area (Å²) in [5.41, 5.74) is -1.19. The van der Waals surface area contributed by atoms with Crippen LogP contribution in [0.25, 0.3) is 0 Å². The Kier molecular flexibility index (Phi) is 44.5. The Hall–Kier alpha value is -9.22. The second-order valence-electron chi connectivity index (χ2n) is 28.0. The number of methoxy groups -OCH3 is 4. The fourth-order valence-electron chi connectivity index (χ4n) is 12.8. The van der Waals surface area contributed by atoms with E-state index in [4.69, 9.17) is 47.4 Å². The van der Waals surface area contributed by atoms with Crippen molar-refractivity contribution in [3.63, 3.8) is 0 Å². The van der Waals surface area contributed by atoms with Crippen molar-refractivity contribution < 1.29 is 76.4 Å². The van der Waals surface area contributed by atoms with Crippen molar-refractivity contribution >= 4 is 57.8 Å². The second-order valence-corrected chi connectivity index (χ2v) is 28.0. The Bertz CT molecular complexity index is 3600. The number of amides is 4. The largest absolute Gasteiger partial charge is 0.496 e. The van der Waals surface area contributed by atoms with Crippen LogP contribution in [0.4, 0.5) is 34.1 Å². The van der Waals surface area contributed by atoms with E-state index in [9.17, 15) is 29.8 Å². The van der Waals surface area contributed by atoms with E-state index >= 15 is 9.59 Å². The Balaban J connectivity index is 1.60. The van der Waals surface area contributed by atoms with E-state index < -0.39 is 44.9 Å². The number of nitro groups is 2. The lowest BCUT2D eigenvalue weighted by molar-refractivity contribution is -0.386. The molecule has 0 fully saturated rings. The molecule has 0 atom stereocenters. The number of carbonyl (C=O) groups is 4. The number of nitrogens with one attached hydrogen (secondary N) is 4. The summed E-state index contributed by atoms with van der Waals surface area (Å²) in [7, 11) is 5.49. The first-order chi connectivity index (χ1) is 53.6. The third-order valence-electron chi connectivity index (χ3n) is 19.2. The molecule has 0 saturated carbocycles. The van der Waals surface area contributed by atoms with Gasteiger partial charge < -0.3 is 68.6 Å². The minimum Gasteiger partial charge on any atom is -0.496 e. The van der Waals surface area contributed by atoms with Crippen molar-refractivity contribution in [1.82, 2.24) is 0 Å². The molecule has 0 aliphatic heterocycles. The molecule has 610 valence electrons. The molecule has 0 spiro atoms. The van der Waals surface area contributed by atoms with Crippen LogP contribution in [0.1, 0.15) is 314 Å². The molecule has 0 radical (unpaired) electrons. The van der Waals surface area contributed by atoms with Gasteiger partial charge in [0, 0.05) is 30.3 Å². The highest BCUT2D eigenvalue weighted by atomic mass is 16.6. The van der Waals surface area contributed by atoms with Gasteiger partial charge in [0.2, 0.25) is 17.2 Å². The fraction of sp³-hybridized carbons (Fsp3) is 0.605. The number of nitrogens with zero attached hydrogens (tertiary/aromatic N) is 2. The number of carbonyl (C=O) groups excluding carboxylic acids is 4. The van der Waals surface area contributed by atoms with Crippen molar-refractivity contribution in [3.05, 3.63) is 103 Å². The zero-order valence-corrected chi connectivity index (χ0v) is 67.7. The minimum absolute atomic E-state index is 0.00361. The number of nitro benzene ring substituents is 2. The van der Waals surface area contributed by atoms with E-state index in [0.717, 1.165) is 199 Å². The van der Waals surface area contributed by atoms with Crippen LogP contribution >= 0.6 is 0 Å². The van der Waals surface area contributed by atoms with Crippen LogP contribution in [-0.4, -0.2) is 102 Å². The van der Waals surface area contributed by atoms with Crippen molar-refractivity contribution in [2.45, 2.75) is 273 Å². The Morgan fingerprint density at radius 1 is 0.282 bits per heavy atom. The van der Waals surface area contributed by atoms with Crippen molar-refractivity contribution in [3.8, 4) is 57.5 Å². The minimum atomic E-state index is -0.805. The number of benzene rings is 5. The summed E-state index contributed by atoms with van der Waals surface area (Å²) >= 11 is 0. The summed E-state index contributed by atoms with van der Waals surface area (Å²) in [5.74, 6) is -2.68. The number of hydrogen-bond donors (Lipinski definition) is 4. The molecule has 0 aromatic heterocycles. The van der Waals surface area contributed by atoms with Gasteiger partial charge in [-0.2, -0.15) is 0 Å². The van der Waals surface area contributed by atoms with Gasteiger partial charge in [0.25, 0.3) is 23.6 Å². The molecule has 4 N–H and O–H groups in total. The predicted molar refractivity (Wildman–Crippen MR) is 437 cm³/mol. The summed E-state index contributed by atoms with van der Waals surface area (Å²) in [6, 6.07) is 14.1. The van der Waals surface area contributed by atoms with Crippen LogP contribution in [0, 0.1) is 20.2 Å². The van der Waals surface area contributed by atoms with Gasteiger partial charge in [0.15, 0.2) is 0 Å². The topological polar surface area (TPSA) is 295 Å². The third-order valence-corrected chi connectivity index (χ3v) is 19.2. The monoisotopic (exact) mass is 1530 g/mol. The smallest absolute Gasteiger partial charge is 0.354 e. The maximum Gasteiger partial charge on any atom is 0.354 e. The first-order valence-corrected chi connectivity index (χ1v) is 40.9. The van der Waals surface area contributed by atoms with Crippen LogP contribution in [0.15, 0.2) is 60.7 Å². The molecule has 110 heavy (non-hydrogen) atoms. The average molecular weight is 1530 g/mol. The first kappa shape index (κ1) is 91.4. The lowest BCUT2D eigenvalue weighted by Gasteiger charge is -2.20. The highest BCUT2D eigenvalue weighted by Crippen LogP contribution is 2.45. The first-order valence-electron chi connectivity index (χ1n) is 40.9. The molecule has 0 aliphatic carbocycles. The summed E-state index contributed by atoms with van der Waals surface area (Å²) < 4.78 is 60.9. The molecule has 5 rings (SSSR count). The van der Waals surface area contributed by atoms with Gasteiger partial charge >= 0.3 is 11.4 Å². The molecule has 24 nitrogen and oxygen atoms in total. The van der Waals surface area contributed by atoms with Crippen LogP contribution in [0.3, 0.4) is 0 Å². The zero-order valence-electron chi connectivity index (χ0n) is 67.7. The van der Waals surface area contributed by atoms with Crippen molar-refractivity contribution in [2.24, 2.45) is 0 Å². The van der Waals surface area contributed by atoms with E-state index in [1.807, 2.05) is 0 Å². The van der Waals surface area contributed by atoms with Gasteiger partial charge in [-0.1, -0.05) is 234 Å². The molecule has 0 aliphatic rings. The average Bonchev–Trinajstić information content (AvgIpc) is 0.796. The van der Waals surface area contributed by atoms with E-state index in [-0.39, 0.29) is 142 Å². The second kappa shape index (κ2) is 53.6. The predicted octanol–water partition coefficient (Wildman–Crippen LogP) is 23.0. The zero-order chi connectivity index (χ0) is 79.7. The Morgan fingerprint density at radius 3 is 0.882 bits per heavy atom. The van der Waals surface area contributed by atoms with Gasteiger partial charge in [-0.15, -0.1) is 0 Å². The fourth-order valence-corrected chi connectivity index (χ4v) is 12.8. The van der Waals surface area contributed by atoms with Crippen molar-refractivity contribution in [1.29, 1.82) is 0 Å². The quantitative estimate of drug-likeness (QED) is 0.0160. The Labute approximate surface area is 653 Å². The summed E-state index contributed by atoms with van der Waals surface area (Å²) in [6.07, 6.45) is 34.9. The lowest BCUT2D eigenvalue weighted by Crippen LogP contribution is -2.20. The van der Waals surface area contributed by atoms with Gasteiger partial charge in [-0.25, -0.2) is 0 Å². The van der Waals surface area contributed by atoms with Gasteiger partial charge in [0.05, 0.1) is 123 Å². The van der Waals surface area contributed by atoms with E-state index in [1.54, 1.807) is 6.07 Å². The SMILES string of the molecule is CCCCCCCCOc1cc(OCCCCCCCC)c(C(=O)Nc2cc(C(=O)Nc3ccc(OCCCCCCCC)c([N+](=O)[O-])c3OCCCCCCCC)c(OC)cc2OC)cc1NC(=O)c1cc(NC(=O)c2cc([N+](=O)[O-])c(OCCCCCCCC)cc2OCCCCCCCC)c(OC)cc1OC. The maximum atomic E-state index is 15.4. The van der Waals surface area contributed by atoms with E-state index in [2.05, 4.69) is 62.8 Å². The third kappa shape index (κ3) is 31.3. The van der Waals surface area contributed by atoms with Gasteiger partial charge in [-0.05, 0) is 68.9 Å². The molecular formula is C86H128N6O18. The number of anilines is 4. The van der Waals surface area contributed by atoms with Crippen LogP contribution < -0.4 is 68.6 Å². The summed E-state index contributed by atoms with van der Waals surface area (Å²) in [4.78, 5) is 84.9. The standard InChI is InChI=1S/C86H128N6O18/c1-11-17-23-29-35-41-49-105-72-48-47-67(82(81(72)92(99)100)110-54-46-40-34-28-22-16-6)87-83(93)63-55-68(77(103-9)59-73(63)101-7)88-85(95)65-57-70(79(108-52-44-38-32-26-20-14-4)61-75(65)106-50-42-36-30-24-18-12-2)90-84(94)64-56-69(78(104-10)60-74(64)102-8)89-86(96)66-58-71(91(97)98)80(109-53-45-39-33-27-21-15-5)62-76(66)107-51-43-37-31-25-19-13-3/h47-48,55-62H,11-46,49-54H2,1-10H3,(H,87,93)(H,88,95)(H,89,96)(H,90,94). The Morgan fingerprint density at radius 2 is 0.545 bits per heavy atom. The van der Waals surface area contributed by atoms with Gasteiger partial charge in [-0.3, -0.25) is 39.4 Å². The molecule has 5 aromatic carbocycles. The highest BCUT2D eigenvalue weighted by Gasteiger charge is 2.31. The number of hydrogen-bond acceptors (Lipinski definition) is 18. The van der Waals surface area contributed by atoms with E-state index in [0.29, 0.717) is 38.5 Å². The van der Waals surface area contributed by atoms with Crippen LogP contribution in [0.2, 0.25) is 0 Å². The number of ether oxygens (including phenoxy) is 10. The molecular weight excluding hydrogens is 1400 g/mol. The highest BCUT2D eigenvalue weighted by molar-refractivity contribution is 6.14. The maximum absolute atomic E-state index is 15.4. The molecule has 0 saturated heterocycles. The molecule has 4 amide bonds. The molecule has 0 heterocycles. The van der Waals surface area contributed by atoms with Crippen LogP contribution in [0.5, 0.6) is 57.5 Å². The molecule has 24 heteroatoms. The lowest BCUT2D eigenvalue weighted by atomic mass is 10.1. The van der Waals surface area contributed by atoms with Crippen molar-refractivity contribution in [2.75, 3.05) is 89.3 Å². The normalized spacial score (nSPS) is 11.0. The summed E-state index contributed by atoms with van der Waals surface area (Å²) in [5, 5.41) is 37.4. The summed E-state index contributed by atoms with van der Waals surface area (Å²) in [6.45, 7) is 14.2. The molecule has 0 bridgehead atoms. The molecule has 5 aromatic rings.